The molecule has 1 N–H and O–H groups in total. The van der Waals surface area contributed by atoms with Crippen LogP contribution in [0.5, 0.6) is 0 Å². The molecule has 6 nitrogen and oxygen atoms in total. The summed E-state index contributed by atoms with van der Waals surface area (Å²) in [5.41, 5.74) is 2.13. The van der Waals surface area contributed by atoms with Crippen LogP contribution in [0.4, 0.5) is 0 Å². The van der Waals surface area contributed by atoms with Gasteiger partial charge in [-0.05, 0) is 30.4 Å². The minimum Gasteiger partial charge on any atom is -0.355 e. The molecule has 0 saturated heterocycles. The number of nitrogens with zero attached hydrogens (tertiary/aromatic N) is 3. The number of nitrogens with one attached hydrogen (secondary N) is 1. The van der Waals surface area contributed by atoms with Crippen LogP contribution >= 0.6 is 11.3 Å². The topological polar surface area (TPSA) is 80.9 Å². The maximum Gasteiger partial charge on any atom is 0.273 e. The predicted octanol–water partition coefficient (Wildman–Crippen LogP) is 3.00. The fourth-order valence-electron chi connectivity index (χ4n) is 2.29. The second kappa shape index (κ2) is 5.92. The molecule has 23 heavy (non-hydrogen) atoms. The maximum atomic E-state index is 12.2. The summed E-state index contributed by atoms with van der Waals surface area (Å²) in [7, 11) is 0. The molecule has 0 aromatic carbocycles. The van der Waals surface area contributed by atoms with Crippen LogP contribution in [-0.4, -0.2) is 21.0 Å². The first-order valence-corrected chi connectivity index (χ1v) is 8.27. The molecule has 0 bridgehead atoms. The van der Waals surface area contributed by atoms with Crippen LogP contribution in [0, 0.1) is 0 Å². The Morgan fingerprint density at radius 1 is 1.35 bits per heavy atom. The first-order chi connectivity index (χ1) is 11.3. The zero-order chi connectivity index (χ0) is 15.6. The van der Waals surface area contributed by atoms with Gasteiger partial charge in [-0.15, -0.1) is 11.3 Å². The average Bonchev–Trinajstić information content (AvgIpc) is 3.08. The van der Waals surface area contributed by atoms with Crippen molar-refractivity contribution in [1.82, 2.24) is 20.4 Å². The Balaban J connectivity index is 1.41. The van der Waals surface area contributed by atoms with Gasteiger partial charge in [-0.25, -0.2) is 9.97 Å². The second-order valence-electron chi connectivity index (χ2n) is 5.44. The average molecular weight is 326 g/mol. The molecule has 4 rings (SSSR count). The van der Waals surface area contributed by atoms with E-state index in [1.165, 1.54) is 24.2 Å². The summed E-state index contributed by atoms with van der Waals surface area (Å²) in [4.78, 5) is 21.6. The van der Waals surface area contributed by atoms with Crippen molar-refractivity contribution < 1.29 is 9.32 Å². The molecular formula is C16H14N4O2S. The summed E-state index contributed by atoms with van der Waals surface area (Å²) in [6, 6.07) is 7.45. The van der Waals surface area contributed by atoms with Gasteiger partial charge in [0.25, 0.3) is 5.91 Å². The number of rotatable bonds is 5. The van der Waals surface area contributed by atoms with E-state index in [0.29, 0.717) is 18.2 Å². The minimum absolute atomic E-state index is 0.268. The number of amides is 1. The Morgan fingerprint density at radius 2 is 2.26 bits per heavy atom. The minimum atomic E-state index is -0.275. The number of hydrogen-bond donors (Lipinski definition) is 1. The molecule has 3 aromatic rings. The molecule has 1 saturated carbocycles. The fraction of sp³-hybridized carbons (Fsp3) is 0.250. The largest absolute Gasteiger partial charge is 0.355 e. The summed E-state index contributed by atoms with van der Waals surface area (Å²) in [5.74, 6) is 0.891. The van der Waals surface area contributed by atoms with Crippen molar-refractivity contribution in [2.45, 2.75) is 25.3 Å². The normalized spacial score (nSPS) is 13.9. The van der Waals surface area contributed by atoms with E-state index in [1.54, 1.807) is 12.4 Å². The van der Waals surface area contributed by atoms with E-state index in [0.717, 1.165) is 16.3 Å². The van der Waals surface area contributed by atoms with Crippen molar-refractivity contribution in [3.05, 3.63) is 53.1 Å². The van der Waals surface area contributed by atoms with Crippen molar-refractivity contribution in [2.24, 2.45) is 0 Å². The Bertz CT molecular complexity index is 824. The lowest BCUT2D eigenvalue weighted by Crippen LogP contribution is -2.23. The molecule has 7 heteroatoms. The van der Waals surface area contributed by atoms with Crippen molar-refractivity contribution >= 4 is 17.2 Å². The number of carbonyl (C=O) groups excluding carboxylic acids is 1. The molecule has 0 spiro atoms. The molecule has 0 aliphatic heterocycles. The number of thiophene rings is 1. The van der Waals surface area contributed by atoms with E-state index in [-0.39, 0.29) is 11.6 Å². The van der Waals surface area contributed by atoms with Gasteiger partial charge in [0, 0.05) is 17.7 Å². The highest BCUT2D eigenvalue weighted by Gasteiger charge is 2.25. The summed E-state index contributed by atoms with van der Waals surface area (Å²) in [5, 5.41) is 8.59. The van der Waals surface area contributed by atoms with E-state index in [1.807, 2.05) is 23.6 Å². The summed E-state index contributed by atoms with van der Waals surface area (Å²) < 4.78 is 5.22. The molecule has 0 atom stereocenters. The maximum absolute atomic E-state index is 12.2. The first-order valence-electron chi connectivity index (χ1n) is 7.39. The van der Waals surface area contributed by atoms with Gasteiger partial charge < -0.3 is 9.84 Å². The van der Waals surface area contributed by atoms with Crippen LogP contribution in [0.25, 0.3) is 10.6 Å². The van der Waals surface area contributed by atoms with Crippen LogP contribution < -0.4 is 5.32 Å². The Labute approximate surface area is 136 Å². The summed E-state index contributed by atoms with van der Waals surface area (Å²) in [6.45, 7) is 0.349. The number of carbonyl (C=O) groups is 1. The lowest BCUT2D eigenvalue weighted by molar-refractivity contribution is 0.0941. The smallest absolute Gasteiger partial charge is 0.273 e. The zero-order valence-corrected chi connectivity index (χ0v) is 13.0. The predicted molar refractivity (Wildman–Crippen MR) is 85.0 cm³/mol. The Hall–Kier alpha value is -2.54. The van der Waals surface area contributed by atoms with Crippen LogP contribution in [0.3, 0.4) is 0 Å². The number of hydrogen-bond acceptors (Lipinski definition) is 6. The molecule has 3 heterocycles. The third kappa shape index (κ3) is 3.14. The molecule has 116 valence electrons. The number of aromatic nitrogens is 3. The van der Waals surface area contributed by atoms with Crippen LogP contribution in [0.2, 0.25) is 0 Å². The Kier molecular flexibility index (Phi) is 3.63. The lowest BCUT2D eigenvalue weighted by Gasteiger charge is -2.03. The lowest BCUT2D eigenvalue weighted by atomic mass is 10.2. The van der Waals surface area contributed by atoms with Gasteiger partial charge in [0.2, 0.25) is 0 Å². The van der Waals surface area contributed by atoms with E-state index < -0.39 is 0 Å². The van der Waals surface area contributed by atoms with Gasteiger partial charge in [-0.1, -0.05) is 11.2 Å². The molecule has 1 aliphatic rings. The van der Waals surface area contributed by atoms with Gasteiger partial charge in [0.05, 0.1) is 17.1 Å². The fourth-order valence-corrected chi connectivity index (χ4v) is 2.97. The van der Waals surface area contributed by atoms with E-state index in [4.69, 9.17) is 4.52 Å². The zero-order valence-electron chi connectivity index (χ0n) is 12.2. The van der Waals surface area contributed by atoms with E-state index in [2.05, 4.69) is 20.4 Å². The van der Waals surface area contributed by atoms with Crippen LogP contribution in [0.1, 0.15) is 40.6 Å². The highest BCUT2D eigenvalue weighted by molar-refractivity contribution is 7.13. The standard InChI is InChI=1S/C16H14N4O2S/c21-16(13-7-14(22-20-13)15-2-1-5-23-15)17-8-11-6-12(10-3-4-10)19-9-18-11/h1-2,5-7,9-10H,3-4,8H2,(H,17,21). The molecule has 0 unspecified atom stereocenters. The summed E-state index contributed by atoms with van der Waals surface area (Å²) in [6.07, 6.45) is 3.93. The molecule has 0 radical (unpaired) electrons. The second-order valence-corrected chi connectivity index (χ2v) is 6.39. The molecular weight excluding hydrogens is 312 g/mol. The van der Waals surface area contributed by atoms with Gasteiger partial charge in [0.1, 0.15) is 6.33 Å². The van der Waals surface area contributed by atoms with E-state index in [9.17, 15) is 4.79 Å². The van der Waals surface area contributed by atoms with Crippen LogP contribution in [-0.2, 0) is 6.54 Å². The highest BCUT2D eigenvalue weighted by Crippen LogP contribution is 2.38. The van der Waals surface area contributed by atoms with Crippen molar-refractivity contribution in [3.8, 4) is 10.6 Å². The Morgan fingerprint density at radius 3 is 3.04 bits per heavy atom. The SMILES string of the molecule is O=C(NCc1cc(C2CC2)ncn1)c1cc(-c2cccs2)on1. The third-order valence-corrected chi connectivity index (χ3v) is 4.56. The van der Waals surface area contributed by atoms with Crippen molar-refractivity contribution in [3.63, 3.8) is 0 Å². The molecule has 1 aliphatic carbocycles. The molecule has 3 aromatic heterocycles. The summed E-state index contributed by atoms with van der Waals surface area (Å²) >= 11 is 1.54. The van der Waals surface area contributed by atoms with Crippen molar-refractivity contribution in [2.75, 3.05) is 0 Å². The van der Waals surface area contributed by atoms with Gasteiger partial charge >= 0.3 is 0 Å². The highest BCUT2D eigenvalue weighted by atomic mass is 32.1. The van der Waals surface area contributed by atoms with Gasteiger partial charge in [0.15, 0.2) is 11.5 Å². The van der Waals surface area contributed by atoms with Gasteiger partial charge in [-0.3, -0.25) is 4.79 Å². The monoisotopic (exact) mass is 326 g/mol. The molecule has 1 fully saturated rings. The third-order valence-electron chi connectivity index (χ3n) is 3.68. The van der Waals surface area contributed by atoms with Crippen LogP contribution in [0.15, 0.2) is 40.5 Å². The first kappa shape index (κ1) is 14.1. The van der Waals surface area contributed by atoms with Gasteiger partial charge in [-0.2, -0.15) is 0 Å². The quantitative estimate of drug-likeness (QED) is 0.779. The molecule has 1 amide bonds. The van der Waals surface area contributed by atoms with Crippen molar-refractivity contribution in [1.29, 1.82) is 0 Å². The van der Waals surface area contributed by atoms with E-state index >= 15 is 0 Å².